The van der Waals surface area contributed by atoms with Crippen molar-refractivity contribution in [3.05, 3.63) is 58.7 Å². The number of methoxy groups -OCH3 is 2. The molecule has 0 bridgehead atoms. The van der Waals surface area contributed by atoms with Crippen LogP contribution in [0.15, 0.2) is 42.0 Å². The first kappa shape index (κ1) is 20.9. The number of nitrogens with zero attached hydrogens (tertiary/aromatic N) is 1. The maximum Gasteiger partial charge on any atom is 0.310 e. The first-order chi connectivity index (χ1) is 15.5. The fourth-order valence-electron chi connectivity index (χ4n) is 4.95. The summed E-state index contributed by atoms with van der Waals surface area (Å²) in [6, 6.07) is 12.2. The van der Waals surface area contributed by atoms with Crippen LogP contribution in [0.4, 0.5) is 0 Å². The highest BCUT2D eigenvalue weighted by Crippen LogP contribution is 2.47. The van der Waals surface area contributed by atoms with Crippen LogP contribution in [0, 0.1) is 5.41 Å². The Morgan fingerprint density at radius 1 is 1.03 bits per heavy atom. The Bertz CT molecular complexity index is 1020. The molecule has 1 saturated heterocycles. The van der Waals surface area contributed by atoms with E-state index < -0.39 is 11.4 Å². The standard InChI is InChI=1S/C26H29NO5/c1-30-19-3-5-21-18(13-19)15-32-23-14-20(31-2)4-6-22(23)24(21)17-7-11-27(12-8-17)16-26(9-10-26)25(28)29/h3-6,13-14H,7-12,15-16H2,1-2H3,(H,28,29). The zero-order valence-electron chi connectivity index (χ0n) is 18.6. The van der Waals surface area contributed by atoms with Gasteiger partial charge in [-0.1, -0.05) is 11.6 Å². The Morgan fingerprint density at radius 3 is 2.31 bits per heavy atom. The Morgan fingerprint density at radius 2 is 1.69 bits per heavy atom. The lowest BCUT2D eigenvalue weighted by Gasteiger charge is -2.32. The average Bonchev–Trinajstić information content (AvgIpc) is 3.62. The van der Waals surface area contributed by atoms with E-state index in [9.17, 15) is 9.90 Å². The molecule has 1 N–H and O–H groups in total. The Balaban J connectivity index is 1.51. The Kier molecular flexibility index (Phi) is 5.33. The molecule has 2 aromatic rings. The third-order valence-corrected chi connectivity index (χ3v) is 7.07. The highest BCUT2D eigenvalue weighted by molar-refractivity contribution is 5.87. The van der Waals surface area contributed by atoms with Gasteiger partial charge in [-0.25, -0.2) is 0 Å². The van der Waals surface area contributed by atoms with Crippen LogP contribution in [0.25, 0.3) is 5.57 Å². The molecule has 0 radical (unpaired) electrons. The van der Waals surface area contributed by atoms with Gasteiger partial charge in [-0.3, -0.25) is 4.79 Å². The number of hydrogen-bond donors (Lipinski definition) is 1. The van der Waals surface area contributed by atoms with Crippen molar-refractivity contribution < 1.29 is 24.1 Å². The first-order valence-electron chi connectivity index (χ1n) is 11.2. The van der Waals surface area contributed by atoms with Gasteiger partial charge in [0, 0.05) is 36.8 Å². The minimum absolute atomic E-state index is 0.469. The molecule has 5 rings (SSSR count). The largest absolute Gasteiger partial charge is 0.497 e. The Hall–Kier alpha value is -2.99. The zero-order valence-corrected chi connectivity index (χ0v) is 18.6. The summed E-state index contributed by atoms with van der Waals surface area (Å²) in [7, 11) is 3.34. The maximum atomic E-state index is 11.6. The second-order valence-corrected chi connectivity index (χ2v) is 9.01. The highest BCUT2D eigenvalue weighted by Gasteiger charge is 2.51. The lowest BCUT2D eigenvalue weighted by molar-refractivity contribution is -0.144. The van der Waals surface area contributed by atoms with Crippen LogP contribution in [-0.2, 0) is 11.4 Å². The highest BCUT2D eigenvalue weighted by atomic mass is 16.5. The van der Waals surface area contributed by atoms with Crippen LogP contribution in [0.2, 0.25) is 0 Å². The van der Waals surface area contributed by atoms with E-state index in [1.807, 2.05) is 18.2 Å². The number of fused-ring (bicyclic) bond motifs is 2. The molecule has 2 aromatic carbocycles. The van der Waals surface area contributed by atoms with Crippen LogP contribution in [-0.4, -0.2) is 49.8 Å². The van der Waals surface area contributed by atoms with Crippen molar-refractivity contribution in [1.82, 2.24) is 4.90 Å². The third-order valence-electron chi connectivity index (χ3n) is 7.07. The summed E-state index contributed by atoms with van der Waals surface area (Å²) in [4.78, 5) is 13.9. The summed E-state index contributed by atoms with van der Waals surface area (Å²) < 4.78 is 17.1. The van der Waals surface area contributed by atoms with Crippen LogP contribution in [0.5, 0.6) is 17.2 Å². The summed E-state index contributed by atoms with van der Waals surface area (Å²) in [6.07, 6.45) is 3.44. The molecule has 32 heavy (non-hydrogen) atoms. The summed E-state index contributed by atoms with van der Waals surface area (Å²) in [5.74, 6) is 1.77. The molecular weight excluding hydrogens is 406 g/mol. The molecule has 1 aliphatic carbocycles. The number of carboxylic acids is 1. The molecule has 0 atom stereocenters. The second-order valence-electron chi connectivity index (χ2n) is 9.01. The quantitative estimate of drug-likeness (QED) is 0.753. The zero-order chi connectivity index (χ0) is 22.3. The van der Waals surface area contributed by atoms with Gasteiger partial charge in [0.15, 0.2) is 0 Å². The van der Waals surface area contributed by atoms with Gasteiger partial charge >= 0.3 is 5.97 Å². The van der Waals surface area contributed by atoms with Gasteiger partial charge in [-0.15, -0.1) is 0 Å². The van der Waals surface area contributed by atoms with Gasteiger partial charge in [0.25, 0.3) is 0 Å². The van der Waals surface area contributed by atoms with Crippen molar-refractivity contribution in [2.24, 2.45) is 5.41 Å². The lowest BCUT2D eigenvalue weighted by Crippen LogP contribution is -2.38. The minimum atomic E-state index is -0.645. The van der Waals surface area contributed by atoms with Crippen molar-refractivity contribution in [1.29, 1.82) is 0 Å². The third kappa shape index (κ3) is 3.73. The van der Waals surface area contributed by atoms with Crippen LogP contribution < -0.4 is 14.2 Å². The van der Waals surface area contributed by atoms with Crippen molar-refractivity contribution >= 4 is 11.5 Å². The van der Waals surface area contributed by atoms with E-state index in [1.165, 1.54) is 16.7 Å². The molecule has 6 nitrogen and oxygen atoms in total. The molecule has 3 aliphatic rings. The fourth-order valence-corrected chi connectivity index (χ4v) is 4.95. The van der Waals surface area contributed by atoms with Crippen LogP contribution in [0.3, 0.4) is 0 Å². The fraction of sp³-hybridized carbons (Fsp3) is 0.423. The molecule has 0 unspecified atom stereocenters. The minimum Gasteiger partial charge on any atom is -0.497 e. The summed E-state index contributed by atoms with van der Waals surface area (Å²) in [5, 5.41) is 9.56. The molecule has 2 fully saturated rings. The summed E-state index contributed by atoms with van der Waals surface area (Å²) in [6.45, 7) is 2.89. The number of likely N-dealkylation sites (tertiary alicyclic amines) is 1. The van der Waals surface area contributed by atoms with Gasteiger partial charge in [-0.05, 0) is 61.1 Å². The predicted molar refractivity (Wildman–Crippen MR) is 121 cm³/mol. The Labute approximate surface area is 188 Å². The lowest BCUT2D eigenvalue weighted by atomic mass is 9.86. The molecule has 0 amide bonds. The molecule has 1 saturated carbocycles. The van der Waals surface area contributed by atoms with E-state index in [4.69, 9.17) is 14.2 Å². The van der Waals surface area contributed by atoms with Crippen LogP contribution >= 0.6 is 0 Å². The molecule has 168 valence electrons. The number of ether oxygens (including phenoxy) is 3. The SMILES string of the molecule is COc1ccc2c(c1)COc1cc(OC)ccc1C2=C1CCN(CC2(C(=O)O)CC2)CC1. The van der Waals surface area contributed by atoms with E-state index in [-0.39, 0.29) is 0 Å². The van der Waals surface area contributed by atoms with Crippen molar-refractivity contribution in [2.75, 3.05) is 33.9 Å². The van der Waals surface area contributed by atoms with Gasteiger partial charge in [0.1, 0.15) is 23.9 Å². The smallest absolute Gasteiger partial charge is 0.310 e. The van der Waals surface area contributed by atoms with Crippen molar-refractivity contribution in [3.8, 4) is 17.2 Å². The second kappa shape index (κ2) is 8.17. The molecule has 0 aromatic heterocycles. The van der Waals surface area contributed by atoms with E-state index in [0.717, 1.165) is 67.1 Å². The molecule has 6 heteroatoms. The molecule has 2 aliphatic heterocycles. The normalized spacial score (nSPS) is 19.3. The van der Waals surface area contributed by atoms with Gasteiger partial charge in [-0.2, -0.15) is 0 Å². The number of benzene rings is 2. The average molecular weight is 436 g/mol. The summed E-state index contributed by atoms with van der Waals surface area (Å²) in [5.41, 5.74) is 5.49. The van der Waals surface area contributed by atoms with Gasteiger partial charge in [0.2, 0.25) is 0 Å². The van der Waals surface area contributed by atoms with Crippen LogP contribution in [0.1, 0.15) is 42.4 Å². The topological polar surface area (TPSA) is 68.2 Å². The number of aliphatic carboxylic acids is 1. The van der Waals surface area contributed by atoms with Gasteiger partial charge in [0.05, 0.1) is 19.6 Å². The number of carbonyl (C=O) groups is 1. The van der Waals surface area contributed by atoms with E-state index in [1.54, 1.807) is 14.2 Å². The number of hydrogen-bond acceptors (Lipinski definition) is 5. The molecule has 0 spiro atoms. The van der Waals surface area contributed by atoms with E-state index in [2.05, 4.69) is 23.1 Å². The monoisotopic (exact) mass is 435 g/mol. The van der Waals surface area contributed by atoms with Crippen molar-refractivity contribution in [3.63, 3.8) is 0 Å². The maximum absolute atomic E-state index is 11.6. The molecule has 2 heterocycles. The van der Waals surface area contributed by atoms with Gasteiger partial charge < -0.3 is 24.2 Å². The van der Waals surface area contributed by atoms with E-state index >= 15 is 0 Å². The predicted octanol–water partition coefficient (Wildman–Crippen LogP) is 4.36. The number of carboxylic acid groups (broad SMARTS) is 1. The first-order valence-corrected chi connectivity index (χ1v) is 11.2. The van der Waals surface area contributed by atoms with Crippen molar-refractivity contribution in [2.45, 2.75) is 32.3 Å². The summed E-state index contributed by atoms with van der Waals surface area (Å²) >= 11 is 0. The molecular formula is C26H29NO5. The van der Waals surface area contributed by atoms with E-state index in [0.29, 0.717) is 13.2 Å². The number of rotatable bonds is 5. The number of piperidine rings is 1.